The fourth-order valence-electron chi connectivity index (χ4n) is 1.64. The molecule has 1 heterocycles. The van der Waals surface area contributed by atoms with Gasteiger partial charge in [0.1, 0.15) is 5.75 Å². The van der Waals surface area contributed by atoms with Crippen LogP contribution in [0.4, 0.5) is 5.13 Å². The first-order chi connectivity index (χ1) is 7.74. The normalized spacial score (nSPS) is 10.7. The Kier molecular flexibility index (Phi) is 3.29. The molecular weight excluding hydrogens is 220 g/mol. The molecule has 1 N–H and O–H groups in total. The van der Waals surface area contributed by atoms with Crippen LogP contribution in [0.25, 0.3) is 10.2 Å². The van der Waals surface area contributed by atoms with Crippen molar-refractivity contribution in [2.24, 2.45) is 0 Å². The second-order valence-electron chi connectivity index (χ2n) is 3.57. The summed E-state index contributed by atoms with van der Waals surface area (Å²) in [6, 6.07) is 4.10. The average molecular weight is 236 g/mol. The lowest BCUT2D eigenvalue weighted by molar-refractivity contribution is 0.340. The van der Waals surface area contributed by atoms with Crippen LogP contribution in [-0.2, 0) is 0 Å². The summed E-state index contributed by atoms with van der Waals surface area (Å²) in [5.41, 5.74) is 2.24. The first-order valence-electron chi connectivity index (χ1n) is 5.52. The molecule has 0 saturated heterocycles. The second-order valence-corrected chi connectivity index (χ2v) is 4.60. The van der Waals surface area contributed by atoms with E-state index in [2.05, 4.69) is 30.2 Å². The van der Waals surface area contributed by atoms with Crippen LogP contribution in [0.1, 0.15) is 19.4 Å². The van der Waals surface area contributed by atoms with Crippen molar-refractivity contribution >= 4 is 26.7 Å². The molecule has 3 nitrogen and oxygen atoms in total. The number of hydrogen-bond acceptors (Lipinski definition) is 4. The van der Waals surface area contributed by atoms with Crippen LogP contribution in [-0.4, -0.2) is 18.1 Å². The predicted molar refractivity (Wildman–Crippen MR) is 69.7 cm³/mol. The first-order valence-corrected chi connectivity index (χ1v) is 6.34. The smallest absolute Gasteiger partial charge is 0.183 e. The van der Waals surface area contributed by atoms with Gasteiger partial charge in [0, 0.05) is 6.54 Å². The van der Waals surface area contributed by atoms with Gasteiger partial charge in [-0.3, -0.25) is 0 Å². The van der Waals surface area contributed by atoms with Crippen LogP contribution in [0.5, 0.6) is 5.75 Å². The Morgan fingerprint density at radius 3 is 2.88 bits per heavy atom. The zero-order chi connectivity index (χ0) is 11.5. The van der Waals surface area contributed by atoms with Crippen LogP contribution in [0.15, 0.2) is 12.1 Å². The monoisotopic (exact) mass is 236 g/mol. The van der Waals surface area contributed by atoms with Crippen molar-refractivity contribution in [3.63, 3.8) is 0 Å². The fraction of sp³-hybridized carbons (Fsp3) is 0.417. The van der Waals surface area contributed by atoms with Gasteiger partial charge in [0.15, 0.2) is 5.13 Å². The summed E-state index contributed by atoms with van der Waals surface area (Å²) in [6.07, 6.45) is 0. The van der Waals surface area contributed by atoms with Crippen molar-refractivity contribution in [2.45, 2.75) is 20.8 Å². The van der Waals surface area contributed by atoms with Crippen molar-refractivity contribution < 1.29 is 4.74 Å². The Hall–Kier alpha value is -1.29. The summed E-state index contributed by atoms with van der Waals surface area (Å²) in [5, 5.41) is 4.22. The number of aryl methyl sites for hydroxylation is 1. The van der Waals surface area contributed by atoms with E-state index in [1.807, 2.05) is 13.0 Å². The zero-order valence-electron chi connectivity index (χ0n) is 9.83. The minimum Gasteiger partial charge on any atom is -0.494 e. The molecule has 16 heavy (non-hydrogen) atoms. The van der Waals surface area contributed by atoms with Crippen LogP contribution < -0.4 is 10.1 Å². The summed E-state index contributed by atoms with van der Waals surface area (Å²) in [7, 11) is 0. The third-order valence-electron chi connectivity index (χ3n) is 2.30. The highest BCUT2D eigenvalue weighted by atomic mass is 32.1. The molecule has 0 spiro atoms. The third-order valence-corrected chi connectivity index (χ3v) is 3.26. The quantitative estimate of drug-likeness (QED) is 0.883. The van der Waals surface area contributed by atoms with E-state index in [-0.39, 0.29) is 0 Å². The lowest BCUT2D eigenvalue weighted by Crippen LogP contribution is -1.94. The molecule has 2 aromatic rings. The number of ether oxygens (including phenoxy) is 1. The van der Waals surface area contributed by atoms with Crippen LogP contribution >= 0.6 is 11.3 Å². The molecule has 0 saturated carbocycles. The highest BCUT2D eigenvalue weighted by molar-refractivity contribution is 7.22. The van der Waals surface area contributed by atoms with Gasteiger partial charge < -0.3 is 10.1 Å². The molecule has 0 radical (unpaired) electrons. The van der Waals surface area contributed by atoms with Crippen molar-refractivity contribution in [3.05, 3.63) is 17.7 Å². The van der Waals surface area contributed by atoms with Crippen molar-refractivity contribution in [1.82, 2.24) is 4.98 Å². The van der Waals surface area contributed by atoms with E-state index in [1.165, 1.54) is 10.3 Å². The first kappa shape index (κ1) is 11.2. The van der Waals surface area contributed by atoms with Gasteiger partial charge in [-0.15, -0.1) is 0 Å². The number of aromatic nitrogens is 1. The summed E-state index contributed by atoms with van der Waals surface area (Å²) in [5.74, 6) is 0.930. The number of nitrogens with one attached hydrogen (secondary N) is 1. The number of fused-ring (bicyclic) bond motifs is 1. The molecule has 0 aliphatic carbocycles. The van der Waals surface area contributed by atoms with Crippen LogP contribution in [0.3, 0.4) is 0 Å². The van der Waals surface area contributed by atoms with Crippen molar-refractivity contribution in [1.29, 1.82) is 0 Å². The number of benzene rings is 1. The van der Waals surface area contributed by atoms with E-state index in [9.17, 15) is 0 Å². The van der Waals surface area contributed by atoms with E-state index in [0.717, 1.165) is 22.9 Å². The zero-order valence-corrected chi connectivity index (χ0v) is 10.6. The molecule has 1 aromatic heterocycles. The van der Waals surface area contributed by atoms with Gasteiger partial charge in [-0.25, -0.2) is 4.98 Å². The van der Waals surface area contributed by atoms with Crippen molar-refractivity contribution in [3.8, 4) is 5.75 Å². The molecule has 4 heteroatoms. The van der Waals surface area contributed by atoms with Gasteiger partial charge in [-0.05, 0) is 38.5 Å². The van der Waals surface area contributed by atoms with E-state index in [1.54, 1.807) is 11.3 Å². The molecule has 0 unspecified atom stereocenters. The molecule has 0 amide bonds. The largest absolute Gasteiger partial charge is 0.494 e. The standard InChI is InChI=1S/C12H16N2OS/c1-4-13-12-14-11-8(3)6-9(15-5-2)7-10(11)16-12/h6-7H,4-5H2,1-3H3,(H,13,14). The van der Waals surface area contributed by atoms with Gasteiger partial charge in [-0.2, -0.15) is 0 Å². The SMILES string of the molecule is CCNc1nc2c(C)cc(OCC)cc2s1. The molecule has 0 fully saturated rings. The van der Waals surface area contributed by atoms with E-state index in [4.69, 9.17) is 4.74 Å². The lowest BCUT2D eigenvalue weighted by Gasteiger charge is -2.03. The van der Waals surface area contributed by atoms with Gasteiger partial charge >= 0.3 is 0 Å². The topological polar surface area (TPSA) is 34.2 Å². The van der Waals surface area contributed by atoms with Crippen molar-refractivity contribution in [2.75, 3.05) is 18.5 Å². The average Bonchev–Trinajstić information content (AvgIpc) is 2.62. The maximum absolute atomic E-state index is 5.52. The third kappa shape index (κ3) is 2.11. The minimum absolute atomic E-state index is 0.698. The summed E-state index contributed by atoms with van der Waals surface area (Å²) < 4.78 is 6.70. The Labute approximate surface area is 99.5 Å². The molecule has 0 atom stereocenters. The van der Waals surface area contributed by atoms with Gasteiger partial charge in [0.2, 0.25) is 0 Å². The van der Waals surface area contributed by atoms with E-state index >= 15 is 0 Å². The number of rotatable bonds is 4. The Morgan fingerprint density at radius 2 is 2.19 bits per heavy atom. The van der Waals surface area contributed by atoms with Gasteiger partial charge in [0.05, 0.1) is 16.8 Å². The van der Waals surface area contributed by atoms with Crippen LogP contribution in [0.2, 0.25) is 0 Å². The Morgan fingerprint density at radius 1 is 1.38 bits per heavy atom. The molecular formula is C12H16N2OS. The van der Waals surface area contributed by atoms with Crippen LogP contribution in [0, 0.1) is 6.92 Å². The van der Waals surface area contributed by atoms with E-state index in [0.29, 0.717) is 6.61 Å². The lowest BCUT2D eigenvalue weighted by atomic mass is 10.2. The van der Waals surface area contributed by atoms with Gasteiger partial charge in [-0.1, -0.05) is 11.3 Å². The fourth-order valence-corrected chi connectivity index (χ4v) is 2.68. The van der Waals surface area contributed by atoms with Gasteiger partial charge in [0.25, 0.3) is 0 Å². The second kappa shape index (κ2) is 4.70. The molecule has 2 rings (SSSR count). The highest BCUT2D eigenvalue weighted by Crippen LogP contribution is 2.31. The maximum Gasteiger partial charge on any atom is 0.183 e. The number of thiazole rings is 1. The highest BCUT2D eigenvalue weighted by Gasteiger charge is 2.07. The maximum atomic E-state index is 5.52. The Balaban J connectivity index is 2.45. The Bertz CT molecular complexity index is 493. The summed E-state index contributed by atoms with van der Waals surface area (Å²) >= 11 is 1.67. The summed E-state index contributed by atoms with van der Waals surface area (Å²) in [4.78, 5) is 4.56. The van der Waals surface area contributed by atoms with E-state index < -0.39 is 0 Å². The predicted octanol–water partition coefficient (Wildman–Crippen LogP) is 3.44. The molecule has 0 aliphatic heterocycles. The minimum atomic E-state index is 0.698. The number of nitrogens with zero attached hydrogens (tertiary/aromatic N) is 1. The number of hydrogen-bond donors (Lipinski definition) is 1. The number of anilines is 1. The molecule has 0 aliphatic rings. The molecule has 1 aromatic carbocycles. The molecule has 0 bridgehead atoms. The molecule has 86 valence electrons. The summed E-state index contributed by atoms with van der Waals surface area (Å²) in [6.45, 7) is 7.74.